The Kier molecular flexibility index (Phi) is 3.98. The molecule has 4 aromatic rings. The molecule has 0 atom stereocenters. The van der Waals surface area contributed by atoms with Gasteiger partial charge in [-0.05, 0) is 17.3 Å². The fourth-order valence-corrected chi connectivity index (χ4v) is 2.48. The number of nitrogens with two attached hydrogens (primary N) is 1. The third-order valence-corrected chi connectivity index (χ3v) is 3.80. The number of amides is 1. The number of benzene rings is 2. The van der Waals surface area contributed by atoms with Crippen molar-refractivity contribution >= 4 is 5.91 Å². The van der Waals surface area contributed by atoms with Crippen LogP contribution in [0.25, 0.3) is 22.7 Å². The molecule has 0 saturated heterocycles. The fraction of sp³-hybridized carbons (Fsp3) is 0.0556. The maximum absolute atomic E-state index is 11.1. The average Bonchev–Trinajstić information content (AvgIpc) is 3.33. The predicted molar refractivity (Wildman–Crippen MR) is 92.8 cm³/mol. The summed E-state index contributed by atoms with van der Waals surface area (Å²) in [6, 6.07) is 18.3. The van der Waals surface area contributed by atoms with Crippen molar-refractivity contribution in [2.75, 3.05) is 0 Å². The van der Waals surface area contributed by atoms with Gasteiger partial charge in [0.1, 0.15) is 12.2 Å². The minimum absolute atomic E-state index is 0.336. The van der Waals surface area contributed by atoms with Crippen LogP contribution in [0.15, 0.2) is 65.2 Å². The van der Waals surface area contributed by atoms with Gasteiger partial charge in [-0.2, -0.15) is 4.80 Å². The second kappa shape index (κ2) is 6.60. The van der Waals surface area contributed by atoms with Gasteiger partial charge in [0, 0.05) is 22.8 Å². The van der Waals surface area contributed by atoms with Crippen molar-refractivity contribution in [3.05, 3.63) is 71.9 Å². The van der Waals surface area contributed by atoms with Gasteiger partial charge in [-0.25, -0.2) is 0 Å². The van der Waals surface area contributed by atoms with Crippen molar-refractivity contribution in [2.45, 2.75) is 6.54 Å². The van der Waals surface area contributed by atoms with Crippen LogP contribution in [0.3, 0.4) is 0 Å². The molecule has 0 spiro atoms. The Morgan fingerprint density at radius 2 is 1.81 bits per heavy atom. The topological polar surface area (TPSA) is 113 Å². The van der Waals surface area contributed by atoms with Crippen LogP contribution in [0.2, 0.25) is 0 Å². The molecule has 0 radical (unpaired) electrons. The molecule has 2 N–H and O–H groups in total. The van der Waals surface area contributed by atoms with Crippen molar-refractivity contribution < 1.29 is 9.32 Å². The molecule has 0 aliphatic heterocycles. The molecule has 4 rings (SSSR count). The first-order chi connectivity index (χ1) is 12.7. The van der Waals surface area contributed by atoms with Crippen LogP contribution in [-0.4, -0.2) is 31.3 Å². The smallest absolute Gasteiger partial charge is 0.248 e. The minimum Gasteiger partial charge on any atom is -0.366 e. The molecule has 128 valence electrons. The maximum atomic E-state index is 11.1. The van der Waals surface area contributed by atoms with Gasteiger partial charge in [0.15, 0.2) is 5.76 Å². The summed E-state index contributed by atoms with van der Waals surface area (Å²) in [6.45, 7) is 0.336. The van der Waals surface area contributed by atoms with E-state index >= 15 is 0 Å². The van der Waals surface area contributed by atoms with Gasteiger partial charge < -0.3 is 10.3 Å². The van der Waals surface area contributed by atoms with Crippen LogP contribution < -0.4 is 5.73 Å². The Labute approximate surface area is 148 Å². The Morgan fingerprint density at radius 1 is 1.04 bits per heavy atom. The van der Waals surface area contributed by atoms with E-state index in [9.17, 15) is 4.79 Å². The maximum Gasteiger partial charge on any atom is 0.248 e. The number of carbonyl (C=O) groups is 1. The first kappa shape index (κ1) is 15.7. The molecule has 2 aromatic carbocycles. The molecule has 2 aromatic heterocycles. The van der Waals surface area contributed by atoms with Gasteiger partial charge in [-0.1, -0.05) is 47.6 Å². The zero-order valence-corrected chi connectivity index (χ0v) is 13.6. The highest BCUT2D eigenvalue weighted by atomic mass is 16.5. The molecule has 0 saturated carbocycles. The third kappa shape index (κ3) is 3.20. The van der Waals surface area contributed by atoms with Crippen LogP contribution in [-0.2, 0) is 6.54 Å². The summed E-state index contributed by atoms with van der Waals surface area (Å²) < 4.78 is 5.37. The number of rotatable bonds is 5. The molecule has 0 unspecified atom stereocenters. The lowest BCUT2D eigenvalue weighted by Crippen LogP contribution is -2.10. The van der Waals surface area contributed by atoms with E-state index in [0.717, 1.165) is 11.1 Å². The van der Waals surface area contributed by atoms with E-state index in [1.165, 1.54) is 4.80 Å². The summed E-state index contributed by atoms with van der Waals surface area (Å²) in [5.41, 5.74) is 8.05. The van der Waals surface area contributed by atoms with Crippen molar-refractivity contribution in [1.29, 1.82) is 0 Å². The highest BCUT2D eigenvalue weighted by Crippen LogP contribution is 2.20. The standard InChI is InChI=1S/C18H14N6O2/c19-17(25)13-6-8-14(9-7-13)18-20-23-24(21-18)11-15-10-16(26-22-15)12-4-2-1-3-5-12/h1-10H,11H2,(H2,19,25). The molecule has 0 fully saturated rings. The van der Waals surface area contributed by atoms with Crippen LogP contribution in [0, 0.1) is 0 Å². The molecule has 0 bridgehead atoms. The molecule has 1 amide bonds. The van der Waals surface area contributed by atoms with Crippen molar-refractivity contribution in [2.24, 2.45) is 5.73 Å². The Bertz CT molecular complexity index is 1040. The van der Waals surface area contributed by atoms with Gasteiger partial charge in [0.05, 0.1) is 0 Å². The highest BCUT2D eigenvalue weighted by molar-refractivity contribution is 5.93. The molecular weight excluding hydrogens is 332 g/mol. The van der Waals surface area contributed by atoms with Gasteiger partial charge in [0.2, 0.25) is 11.7 Å². The summed E-state index contributed by atoms with van der Waals surface area (Å²) in [7, 11) is 0. The molecule has 26 heavy (non-hydrogen) atoms. The third-order valence-electron chi connectivity index (χ3n) is 3.80. The first-order valence-electron chi connectivity index (χ1n) is 7.88. The van der Waals surface area contributed by atoms with Gasteiger partial charge in [-0.3, -0.25) is 4.79 Å². The Balaban J connectivity index is 1.50. The summed E-state index contributed by atoms with van der Waals surface area (Å²) in [4.78, 5) is 12.6. The number of tetrazole rings is 1. The lowest BCUT2D eigenvalue weighted by Gasteiger charge is -1.97. The van der Waals surface area contributed by atoms with E-state index in [-0.39, 0.29) is 0 Å². The Hall–Kier alpha value is -3.81. The van der Waals surface area contributed by atoms with E-state index in [4.69, 9.17) is 10.3 Å². The van der Waals surface area contributed by atoms with Crippen LogP contribution >= 0.6 is 0 Å². The predicted octanol–water partition coefficient (Wildman–Crippen LogP) is 2.14. The average molecular weight is 346 g/mol. The number of hydrogen-bond acceptors (Lipinski definition) is 6. The van der Waals surface area contributed by atoms with Gasteiger partial charge >= 0.3 is 0 Å². The summed E-state index contributed by atoms with van der Waals surface area (Å²) in [5, 5.41) is 16.4. The van der Waals surface area contributed by atoms with Crippen LogP contribution in [0.1, 0.15) is 16.1 Å². The number of hydrogen-bond donors (Lipinski definition) is 1. The molecular formula is C18H14N6O2. The molecule has 0 aliphatic carbocycles. The second-order valence-electron chi connectivity index (χ2n) is 5.63. The lowest BCUT2D eigenvalue weighted by atomic mass is 10.1. The largest absolute Gasteiger partial charge is 0.366 e. The number of carbonyl (C=O) groups excluding carboxylic acids is 1. The summed E-state index contributed by atoms with van der Waals surface area (Å²) in [6.07, 6.45) is 0. The number of aromatic nitrogens is 5. The monoisotopic (exact) mass is 346 g/mol. The van der Waals surface area contributed by atoms with E-state index in [0.29, 0.717) is 29.4 Å². The van der Waals surface area contributed by atoms with Crippen molar-refractivity contribution in [3.8, 4) is 22.7 Å². The molecule has 2 heterocycles. The van der Waals surface area contributed by atoms with E-state index in [1.807, 2.05) is 36.4 Å². The first-order valence-corrected chi connectivity index (χ1v) is 7.88. The summed E-state index contributed by atoms with van der Waals surface area (Å²) >= 11 is 0. The van der Waals surface area contributed by atoms with E-state index < -0.39 is 5.91 Å². The van der Waals surface area contributed by atoms with Crippen molar-refractivity contribution in [3.63, 3.8) is 0 Å². The van der Waals surface area contributed by atoms with Gasteiger partial charge in [-0.15, -0.1) is 10.2 Å². The van der Waals surface area contributed by atoms with Gasteiger partial charge in [0.25, 0.3) is 0 Å². The highest BCUT2D eigenvalue weighted by Gasteiger charge is 2.11. The van der Waals surface area contributed by atoms with E-state index in [2.05, 4.69) is 20.6 Å². The fourth-order valence-electron chi connectivity index (χ4n) is 2.48. The lowest BCUT2D eigenvalue weighted by molar-refractivity contribution is 0.100. The second-order valence-corrected chi connectivity index (χ2v) is 5.63. The Morgan fingerprint density at radius 3 is 2.54 bits per heavy atom. The van der Waals surface area contributed by atoms with Crippen molar-refractivity contribution in [1.82, 2.24) is 25.4 Å². The number of nitrogens with zero attached hydrogens (tertiary/aromatic N) is 5. The molecule has 8 nitrogen and oxygen atoms in total. The zero-order valence-electron chi connectivity index (χ0n) is 13.6. The minimum atomic E-state index is -0.478. The SMILES string of the molecule is NC(=O)c1ccc(-c2nnn(Cc3cc(-c4ccccc4)on3)n2)cc1. The number of primary amides is 1. The quantitative estimate of drug-likeness (QED) is 0.592. The summed E-state index contributed by atoms with van der Waals surface area (Å²) in [5.74, 6) is 0.657. The normalized spacial score (nSPS) is 10.8. The molecule has 0 aliphatic rings. The zero-order chi connectivity index (χ0) is 17.9. The van der Waals surface area contributed by atoms with Crippen LogP contribution in [0.5, 0.6) is 0 Å². The van der Waals surface area contributed by atoms with Crippen LogP contribution in [0.4, 0.5) is 0 Å². The molecule has 8 heteroatoms. The van der Waals surface area contributed by atoms with E-state index in [1.54, 1.807) is 24.3 Å².